The highest BCUT2D eigenvalue weighted by Gasteiger charge is 2.31. The Morgan fingerprint density at radius 1 is 1.27 bits per heavy atom. The van der Waals surface area contributed by atoms with Crippen molar-refractivity contribution in [2.24, 2.45) is 7.05 Å². The molecule has 0 radical (unpaired) electrons. The number of hydrogen-bond acceptors (Lipinski definition) is 8. The standard InChI is InChI=1S/C19H17N7O3S/c1-10-3-14(25-4-11(5-25)13-7-24(2)9-21-13)23-17-15(10)16(27)12(18(28)29)6-26(17)19-20-8-22-30-19/h3,6-9,11H,4-5H2,1-2H3,(H,28,29). The summed E-state index contributed by atoms with van der Waals surface area (Å²) < 4.78 is 7.45. The highest BCUT2D eigenvalue weighted by Crippen LogP contribution is 2.32. The summed E-state index contributed by atoms with van der Waals surface area (Å²) in [6.45, 7) is 3.33. The second kappa shape index (κ2) is 6.73. The number of hydrogen-bond donors (Lipinski definition) is 1. The Hall–Kier alpha value is -3.60. The van der Waals surface area contributed by atoms with Crippen LogP contribution in [0.5, 0.6) is 0 Å². The third-order valence-electron chi connectivity index (χ3n) is 5.28. The Morgan fingerprint density at radius 2 is 2.07 bits per heavy atom. The van der Waals surface area contributed by atoms with Crippen molar-refractivity contribution in [3.63, 3.8) is 0 Å². The van der Waals surface area contributed by atoms with Crippen molar-refractivity contribution in [3.8, 4) is 5.13 Å². The van der Waals surface area contributed by atoms with E-state index in [0.29, 0.717) is 22.3 Å². The molecule has 0 bridgehead atoms. The van der Waals surface area contributed by atoms with Crippen LogP contribution in [0.15, 0.2) is 35.9 Å². The average Bonchev–Trinajstić information content (AvgIpc) is 3.32. The molecular formula is C19H17N7O3S. The average molecular weight is 423 g/mol. The number of imidazole rings is 1. The minimum atomic E-state index is -1.29. The van der Waals surface area contributed by atoms with Gasteiger partial charge in [0.1, 0.15) is 17.7 Å². The van der Waals surface area contributed by atoms with Gasteiger partial charge in [-0.3, -0.25) is 9.36 Å². The molecule has 1 aliphatic heterocycles. The lowest BCUT2D eigenvalue weighted by molar-refractivity contribution is 0.0695. The van der Waals surface area contributed by atoms with Crippen LogP contribution < -0.4 is 10.3 Å². The van der Waals surface area contributed by atoms with Crippen LogP contribution in [0, 0.1) is 6.92 Å². The lowest BCUT2D eigenvalue weighted by Gasteiger charge is -2.39. The van der Waals surface area contributed by atoms with Crippen molar-refractivity contribution in [2.45, 2.75) is 12.8 Å². The maximum Gasteiger partial charge on any atom is 0.341 e. The van der Waals surface area contributed by atoms with Gasteiger partial charge in [-0.15, -0.1) is 0 Å². The Kier molecular flexibility index (Phi) is 4.13. The lowest BCUT2D eigenvalue weighted by atomic mass is 9.96. The summed E-state index contributed by atoms with van der Waals surface area (Å²) in [7, 11) is 1.94. The zero-order valence-electron chi connectivity index (χ0n) is 16.2. The summed E-state index contributed by atoms with van der Waals surface area (Å²) in [5, 5.41) is 10.2. The molecule has 0 spiro atoms. The molecule has 11 heteroatoms. The molecule has 4 aromatic heterocycles. The van der Waals surface area contributed by atoms with Gasteiger partial charge in [0.25, 0.3) is 0 Å². The van der Waals surface area contributed by atoms with Gasteiger partial charge >= 0.3 is 5.97 Å². The summed E-state index contributed by atoms with van der Waals surface area (Å²) in [5.41, 5.74) is 1.21. The Morgan fingerprint density at radius 3 is 2.70 bits per heavy atom. The number of nitrogens with zero attached hydrogens (tertiary/aromatic N) is 7. The van der Waals surface area contributed by atoms with Gasteiger partial charge in [-0.25, -0.2) is 19.7 Å². The van der Waals surface area contributed by atoms with E-state index in [1.807, 2.05) is 23.9 Å². The number of aromatic nitrogens is 6. The number of carboxylic acid groups (broad SMARTS) is 1. The van der Waals surface area contributed by atoms with Crippen molar-refractivity contribution in [1.29, 1.82) is 0 Å². The molecule has 1 fully saturated rings. The fraction of sp³-hybridized carbons (Fsp3) is 0.263. The largest absolute Gasteiger partial charge is 0.477 e. The molecule has 0 unspecified atom stereocenters. The van der Waals surface area contributed by atoms with Gasteiger partial charge in [-0.05, 0) is 18.6 Å². The molecule has 10 nitrogen and oxygen atoms in total. The quantitative estimate of drug-likeness (QED) is 0.525. The Balaban J connectivity index is 1.61. The van der Waals surface area contributed by atoms with Crippen molar-refractivity contribution in [1.82, 2.24) is 28.5 Å². The molecule has 1 saturated heterocycles. The summed E-state index contributed by atoms with van der Waals surface area (Å²) in [5.74, 6) is -0.235. The lowest BCUT2D eigenvalue weighted by Crippen LogP contribution is -2.45. The minimum absolute atomic E-state index is 0.274. The predicted octanol–water partition coefficient (Wildman–Crippen LogP) is 1.58. The number of fused-ring (bicyclic) bond motifs is 1. The summed E-state index contributed by atoms with van der Waals surface area (Å²) in [6.07, 6.45) is 6.46. The summed E-state index contributed by atoms with van der Waals surface area (Å²) in [4.78, 5) is 39.9. The van der Waals surface area contributed by atoms with Crippen LogP contribution in [0.2, 0.25) is 0 Å². The smallest absolute Gasteiger partial charge is 0.341 e. The van der Waals surface area contributed by atoms with E-state index in [-0.39, 0.29) is 10.9 Å². The van der Waals surface area contributed by atoms with Gasteiger partial charge in [-0.1, -0.05) is 0 Å². The highest BCUT2D eigenvalue weighted by molar-refractivity contribution is 7.08. The zero-order chi connectivity index (χ0) is 21.0. The highest BCUT2D eigenvalue weighted by atomic mass is 32.1. The Bertz CT molecular complexity index is 1340. The number of carboxylic acids is 1. The normalized spacial score (nSPS) is 14.3. The van der Waals surface area contributed by atoms with Crippen LogP contribution in [-0.4, -0.2) is 52.6 Å². The van der Waals surface area contributed by atoms with Gasteiger partial charge < -0.3 is 14.6 Å². The fourth-order valence-electron chi connectivity index (χ4n) is 3.71. The predicted molar refractivity (Wildman–Crippen MR) is 111 cm³/mol. The van der Waals surface area contributed by atoms with Crippen molar-refractivity contribution in [3.05, 3.63) is 58.2 Å². The molecule has 4 aromatic rings. The van der Waals surface area contributed by atoms with Crippen molar-refractivity contribution < 1.29 is 9.90 Å². The number of pyridine rings is 2. The number of carbonyl (C=O) groups is 1. The molecule has 1 N–H and O–H groups in total. The van der Waals surface area contributed by atoms with Gasteiger partial charge in [0, 0.05) is 50.0 Å². The van der Waals surface area contributed by atoms with Gasteiger partial charge in [0.05, 0.1) is 17.4 Å². The van der Waals surface area contributed by atoms with E-state index in [1.54, 1.807) is 13.3 Å². The molecule has 0 aromatic carbocycles. The number of aromatic carboxylic acids is 1. The maximum atomic E-state index is 12.8. The molecule has 30 heavy (non-hydrogen) atoms. The second-order valence-corrected chi connectivity index (χ2v) is 8.09. The molecule has 0 saturated carbocycles. The first-order valence-electron chi connectivity index (χ1n) is 9.22. The van der Waals surface area contributed by atoms with Crippen LogP contribution in [-0.2, 0) is 7.05 Å². The van der Waals surface area contributed by atoms with Crippen LogP contribution in [0.1, 0.15) is 27.5 Å². The number of aryl methyl sites for hydroxylation is 2. The van der Waals surface area contributed by atoms with Crippen LogP contribution in [0.3, 0.4) is 0 Å². The van der Waals surface area contributed by atoms with E-state index >= 15 is 0 Å². The second-order valence-electron chi connectivity index (χ2n) is 7.33. The molecule has 0 amide bonds. The Labute approximate surface area is 174 Å². The molecular weight excluding hydrogens is 406 g/mol. The maximum absolute atomic E-state index is 12.8. The number of anilines is 1. The van der Waals surface area contributed by atoms with E-state index in [9.17, 15) is 14.7 Å². The van der Waals surface area contributed by atoms with E-state index in [4.69, 9.17) is 4.98 Å². The van der Waals surface area contributed by atoms with Crippen LogP contribution in [0.25, 0.3) is 16.2 Å². The summed E-state index contributed by atoms with van der Waals surface area (Å²) in [6, 6.07) is 1.83. The first-order chi connectivity index (χ1) is 14.4. The topological polar surface area (TPSA) is 119 Å². The van der Waals surface area contributed by atoms with E-state index < -0.39 is 11.4 Å². The zero-order valence-corrected chi connectivity index (χ0v) is 17.0. The molecule has 1 aliphatic rings. The molecule has 152 valence electrons. The first kappa shape index (κ1) is 18.4. The molecule has 5 rings (SSSR count). The van der Waals surface area contributed by atoms with Crippen molar-refractivity contribution >= 4 is 34.4 Å². The van der Waals surface area contributed by atoms with E-state index in [2.05, 4.69) is 19.2 Å². The van der Waals surface area contributed by atoms with Crippen molar-refractivity contribution in [2.75, 3.05) is 18.0 Å². The van der Waals surface area contributed by atoms with E-state index in [0.717, 1.165) is 36.1 Å². The SMILES string of the molecule is Cc1cc(N2CC(c3cn(C)cn3)C2)nc2c1c(=O)c(C(=O)O)cn2-c1ncns1. The fourth-order valence-corrected chi connectivity index (χ4v) is 4.22. The van der Waals surface area contributed by atoms with E-state index in [1.165, 1.54) is 17.1 Å². The van der Waals surface area contributed by atoms with Gasteiger partial charge in [-0.2, -0.15) is 4.37 Å². The third-order valence-corrected chi connectivity index (χ3v) is 5.94. The monoisotopic (exact) mass is 423 g/mol. The van der Waals surface area contributed by atoms with Gasteiger partial charge in [0.2, 0.25) is 10.6 Å². The molecule has 5 heterocycles. The van der Waals surface area contributed by atoms with Crippen LogP contribution in [0.4, 0.5) is 5.82 Å². The van der Waals surface area contributed by atoms with Gasteiger partial charge in [0.15, 0.2) is 5.65 Å². The first-order valence-corrected chi connectivity index (χ1v) is 10.00. The summed E-state index contributed by atoms with van der Waals surface area (Å²) >= 11 is 1.10. The molecule has 0 atom stereocenters. The number of rotatable bonds is 4. The van der Waals surface area contributed by atoms with Crippen LogP contribution >= 0.6 is 11.5 Å². The third kappa shape index (κ3) is 2.86. The molecule has 0 aliphatic carbocycles. The minimum Gasteiger partial charge on any atom is -0.477 e.